The number of nitrogens with one attached hydrogen (secondary N) is 1. The molecule has 1 saturated carbocycles. The third-order valence-corrected chi connectivity index (χ3v) is 3.54. The molecule has 1 N–H and O–H groups in total. The number of rotatable bonds is 3. The van der Waals surface area contributed by atoms with Crippen LogP contribution in [0.15, 0.2) is 24.3 Å². The minimum absolute atomic E-state index is 0.0140. The minimum atomic E-state index is -4.32. The van der Waals surface area contributed by atoms with Crippen molar-refractivity contribution in [3.63, 3.8) is 0 Å². The van der Waals surface area contributed by atoms with Gasteiger partial charge in [-0.3, -0.25) is 4.79 Å². The van der Waals surface area contributed by atoms with Gasteiger partial charge in [0.15, 0.2) is 0 Å². The van der Waals surface area contributed by atoms with Gasteiger partial charge in [0.25, 0.3) is 0 Å². The van der Waals surface area contributed by atoms with Crippen molar-refractivity contribution in [3.05, 3.63) is 35.4 Å². The van der Waals surface area contributed by atoms with E-state index in [0.717, 1.165) is 18.6 Å². The molecule has 0 radical (unpaired) electrons. The predicted molar refractivity (Wildman–Crippen MR) is 65.3 cm³/mol. The van der Waals surface area contributed by atoms with Crippen molar-refractivity contribution in [1.82, 2.24) is 5.32 Å². The average molecular weight is 271 g/mol. The molecular formula is C14H16F3NO. The number of carbonyl (C=O) groups is 1. The molecule has 0 bridgehead atoms. The van der Waals surface area contributed by atoms with Crippen molar-refractivity contribution in [2.75, 3.05) is 0 Å². The Morgan fingerprint density at radius 1 is 1.32 bits per heavy atom. The molecule has 0 aromatic heterocycles. The summed E-state index contributed by atoms with van der Waals surface area (Å²) in [7, 11) is 0. The van der Waals surface area contributed by atoms with Gasteiger partial charge in [-0.1, -0.05) is 19.1 Å². The van der Waals surface area contributed by atoms with E-state index in [1.807, 2.05) is 6.92 Å². The lowest BCUT2D eigenvalue weighted by Gasteiger charge is -2.15. The highest BCUT2D eigenvalue weighted by Crippen LogP contribution is 2.38. The van der Waals surface area contributed by atoms with E-state index in [1.54, 1.807) is 6.92 Å². The zero-order chi connectivity index (χ0) is 14.2. The summed E-state index contributed by atoms with van der Waals surface area (Å²) in [6.07, 6.45) is -3.43. The van der Waals surface area contributed by atoms with Crippen molar-refractivity contribution >= 4 is 5.91 Å². The molecule has 1 fully saturated rings. The molecule has 2 nitrogen and oxygen atoms in total. The first-order valence-corrected chi connectivity index (χ1v) is 6.26. The molecule has 104 valence electrons. The third-order valence-electron chi connectivity index (χ3n) is 3.54. The molecule has 1 aliphatic rings. The first-order chi connectivity index (χ1) is 8.79. The highest BCUT2D eigenvalue weighted by molar-refractivity contribution is 5.81. The molecule has 19 heavy (non-hydrogen) atoms. The highest BCUT2D eigenvalue weighted by Gasteiger charge is 2.39. The monoisotopic (exact) mass is 271 g/mol. The fourth-order valence-electron chi connectivity index (χ4n) is 2.05. The molecule has 1 amide bonds. The van der Waals surface area contributed by atoms with Crippen molar-refractivity contribution in [2.24, 2.45) is 11.8 Å². The lowest BCUT2D eigenvalue weighted by molar-refractivity contribution is -0.137. The van der Waals surface area contributed by atoms with E-state index in [9.17, 15) is 18.0 Å². The third kappa shape index (κ3) is 3.28. The van der Waals surface area contributed by atoms with Crippen LogP contribution >= 0.6 is 0 Å². The number of amides is 1. The van der Waals surface area contributed by atoms with Crippen molar-refractivity contribution in [1.29, 1.82) is 0 Å². The fraction of sp³-hybridized carbons (Fsp3) is 0.500. The number of hydrogen-bond donors (Lipinski definition) is 1. The smallest absolute Gasteiger partial charge is 0.349 e. The van der Waals surface area contributed by atoms with Gasteiger partial charge in [-0.2, -0.15) is 13.2 Å². The summed E-state index contributed by atoms with van der Waals surface area (Å²) in [5.74, 6) is 0.469. The Balaban J connectivity index is 1.99. The maximum absolute atomic E-state index is 12.4. The largest absolute Gasteiger partial charge is 0.416 e. The van der Waals surface area contributed by atoms with E-state index < -0.39 is 11.7 Å². The Labute approximate surface area is 110 Å². The first-order valence-electron chi connectivity index (χ1n) is 6.26. The Hall–Kier alpha value is -1.52. The Kier molecular flexibility index (Phi) is 3.56. The van der Waals surface area contributed by atoms with Gasteiger partial charge in [-0.25, -0.2) is 0 Å². The van der Waals surface area contributed by atoms with E-state index in [4.69, 9.17) is 0 Å². The number of halogens is 3. The molecule has 0 saturated heterocycles. The van der Waals surface area contributed by atoms with Crippen LogP contribution in [-0.2, 0) is 11.0 Å². The van der Waals surface area contributed by atoms with E-state index in [2.05, 4.69) is 5.32 Å². The molecule has 0 spiro atoms. The van der Waals surface area contributed by atoms with Gasteiger partial charge in [-0.15, -0.1) is 0 Å². The zero-order valence-corrected chi connectivity index (χ0v) is 10.8. The summed E-state index contributed by atoms with van der Waals surface area (Å²) in [6.45, 7) is 3.78. The molecule has 0 aliphatic heterocycles. The summed E-state index contributed by atoms with van der Waals surface area (Å²) in [5.41, 5.74) is 0.000227. The van der Waals surface area contributed by atoms with E-state index in [1.165, 1.54) is 12.1 Å². The number of hydrogen-bond acceptors (Lipinski definition) is 1. The minimum Gasteiger partial charge on any atom is -0.349 e. The molecule has 5 heteroatoms. The summed E-state index contributed by atoms with van der Waals surface area (Å²) >= 11 is 0. The second-order valence-corrected chi connectivity index (χ2v) is 5.17. The normalized spacial score (nSPS) is 23.8. The number of alkyl halides is 3. The quantitative estimate of drug-likeness (QED) is 0.895. The van der Waals surface area contributed by atoms with Crippen molar-refractivity contribution < 1.29 is 18.0 Å². The van der Waals surface area contributed by atoms with Gasteiger partial charge >= 0.3 is 6.18 Å². The summed E-state index contributed by atoms with van der Waals surface area (Å²) < 4.78 is 37.3. The summed E-state index contributed by atoms with van der Waals surface area (Å²) in [6, 6.07) is 4.62. The molecule has 1 aliphatic carbocycles. The van der Waals surface area contributed by atoms with Crippen molar-refractivity contribution in [3.8, 4) is 0 Å². The van der Waals surface area contributed by atoms with Gasteiger partial charge in [0, 0.05) is 5.92 Å². The zero-order valence-electron chi connectivity index (χ0n) is 10.8. The van der Waals surface area contributed by atoms with Crippen LogP contribution in [0.2, 0.25) is 0 Å². The van der Waals surface area contributed by atoms with Crippen LogP contribution in [0.1, 0.15) is 37.4 Å². The lowest BCUT2D eigenvalue weighted by Crippen LogP contribution is -2.28. The fourth-order valence-corrected chi connectivity index (χ4v) is 2.05. The van der Waals surface area contributed by atoms with Crippen LogP contribution in [0, 0.1) is 11.8 Å². The predicted octanol–water partition coefficient (Wildman–Crippen LogP) is 3.54. The molecule has 0 heterocycles. The Morgan fingerprint density at radius 3 is 2.26 bits per heavy atom. The summed E-state index contributed by atoms with van der Waals surface area (Å²) in [4.78, 5) is 11.7. The van der Waals surface area contributed by atoms with Gasteiger partial charge < -0.3 is 5.32 Å². The summed E-state index contributed by atoms with van der Waals surface area (Å²) in [5, 5.41) is 2.83. The number of benzene rings is 1. The van der Waals surface area contributed by atoms with Gasteiger partial charge in [0.05, 0.1) is 11.6 Å². The topological polar surface area (TPSA) is 29.1 Å². The van der Waals surface area contributed by atoms with Crippen LogP contribution in [0.4, 0.5) is 13.2 Å². The van der Waals surface area contributed by atoms with Gasteiger partial charge in [0.1, 0.15) is 0 Å². The van der Waals surface area contributed by atoms with Crippen molar-refractivity contribution in [2.45, 2.75) is 32.5 Å². The average Bonchev–Trinajstić information content (AvgIpc) is 3.05. The maximum atomic E-state index is 12.4. The van der Waals surface area contributed by atoms with Crippen LogP contribution in [-0.4, -0.2) is 5.91 Å². The van der Waals surface area contributed by atoms with E-state index >= 15 is 0 Å². The van der Waals surface area contributed by atoms with Crippen LogP contribution < -0.4 is 5.32 Å². The SMILES string of the molecule is CC(NC(=O)C1CC1C)c1ccc(C(F)(F)F)cc1. The maximum Gasteiger partial charge on any atom is 0.416 e. The van der Waals surface area contributed by atoms with Gasteiger partial charge in [-0.05, 0) is 37.0 Å². The van der Waals surface area contributed by atoms with Crippen LogP contribution in [0.5, 0.6) is 0 Å². The lowest BCUT2D eigenvalue weighted by atomic mass is 10.1. The molecule has 3 atom stereocenters. The molecular weight excluding hydrogens is 255 g/mol. The molecule has 1 aromatic rings. The molecule has 2 rings (SSSR count). The Bertz CT molecular complexity index is 467. The second-order valence-electron chi connectivity index (χ2n) is 5.17. The molecule has 1 aromatic carbocycles. The van der Waals surface area contributed by atoms with E-state index in [0.29, 0.717) is 11.5 Å². The van der Waals surface area contributed by atoms with Gasteiger partial charge in [0.2, 0.25) is 5.91 Å². The molecule has 3 unspecified atom stereocenters. The van der Waals surface area contributed by atoms with Crippen LogP contribution in [0.25, 0.3) is 0 Å². The standard InChI is InChI=1S/C14H16F3NO/c1-8-7-12(8)13(19)18-9(2)10-3-5-11(6-4-10)14(15,16)17/h3-6,8-9,12H,7H2,1-2H3,(H,18,19). The highest BCUT2D eigenvalue weighted by atomic mass is 19.4. The first kappa shape index (κ1) is 13.9. The number of carbonyl (C=O) groups excluding carboxylic acids is 1. The Morgan fingerprint density at radius 2 is 1.84 bits per heavy atom. The van der Waals surface area contributed by atoms with E-state index in [-0.39, 0.29) is 17.9 Å². The van der Waals surface area contributed by atoms with Crippen LogP contribution in [0.3, 0.4) is 0 Å². The second kappa shape index (κ2) is 4.87.